The van der Waals surface area contributed by atoms with Crippen LogP contribution in [0.2, 0.25) is 0 Å². The average Bonchev–Trinajstić information content (AvgIpc) is 2.69. The topological polar surface area (TPSA) is 70.7 Å². The van der Waals surface area contributed by atoms with Crippen LogP contribution in [0.25, 0.3) is 0 Å². The van der Waals surface area contributed by atoms with E-state index in [2.05, 4.69) is 17.6 Å². The number of ether oxygens (including phenoxy) is 1. The van der Waals surface area contributed by atoms with E-state index in [4.69, 9.17) is 4.74 Å². The second-order valence-corrected chi connectivity index (χ2v) is 8.15. The Morgan fingerprint density at radius 1 is 1.30 bits per heavy atom. The normalized spacial score (nSPS) is 25.1. The Morgan fingerprint density at radius 2 is 1.96 bits per heavy atom. The zero-order valence-corrected chi connectivity index (χ0v) is 16.6. The van der Waals surface area contributed by atoms with Gasteiger partial charge in [0, 0.05) is 20.0 Å². The monoisotopic (exact) mass is 373 g/mol. The first-order chi connectivity index (χ1) is 12.9. The van der Waals surface area contributed by atoms with Gasteiger partial charge in [0.1, 0.15) is 5.75 Å². The van der Waals surface area contributed by atoms with Crippen molar-refractivity contribution in [3.05, 3.63) is 29.8 Å². The number of nitrogens with one attached hydrogen (secondary N) is 2. The van der Waals surface area contributed by atoms with Crippen molar-refractivity contribution in [3.8, 4) is 5.75 Å². The summed E-state index contributed by atoms with van der Waals surface area (Å²) in [7, 11) is 3.42. The molecule has 27 heavy (non-hydrogen) atoms. The number of likely N-dealkylation sites (tertiary alicyclic amines) is 1. The fraction of sp³-hybridized carbons (Fsp3) is 0.619. The molecule has 2 atom stereocenters. The lowest BCUT2D eigenvalue weighted by Crippen LogP contribution is -2.49. The number of hydrogen-bond acceptors (Lipinski definition) is 4. The number of carbonyl (C=O) groups is 2. The maximum atomic E-state index is 13.1. The van der Waals surface area contributed by atoms with Gasteiger partial charge in [0.05, 0.1) is 19.1 Å². The third-order valence-corrected chi connectivity index (χ3v) is 6.16. The van der Waals surface area contributed by atoms with E-state index in [0.717, 1.165) is 37.2 Å². The fourth-order valence-corrected chi connectivity index (χ4v) is 4.21. The van der Waals surface area contributed by atoms with E-state index in [1.807, 2.05) is 24.3 Å². The number of methoxy groups -OCH3 is 1. The van der Waals surface area contributed by atoms with Crippen molar-refractivity contribution < 1.29 is 14.3 Å². The summed E-state index contributed by atoms with van der Waals surface area (Å²) in [5.74, 6) is 0.676. The molecule has 0 spiro atoms. The second kappa shape index (κ2) is 8.30. The van der Waals surface area contributed by atoms with Gasteiger partial charge in [-0.25, -0.2) is 0 Å². The SMILES string of the molecule is COc1ccc(C2C(C(=O)NCC3(C)CCNCC3)CCC(=O)N2C)cc1. The van der Waals surface area contributed by atoms with Crippen molar-refractivity contribution in [1.29, 1.82) is 0 Å². The molecule has 6 heteroatoms. The third-order valence-electron chi connectivity index (χ3n) is 6.16. The van der Waals surface area contributed by atoms with Gasteiger partial charge in [0.15, 0.2) is 0 Å². The number of carbonyl (C=O) groups excluding carboxylic acids is 2. The minimum atomic E-state index is -0.238. The molecule has 148 valence electrons. The van der Waals surface area contributed by atoms with Crippen molar-refractivity contribution >= 4 is 11.8 Å². The van der Waals surface area contributed by atoms with E-state index in [-0.39, 0.29) is 29.2 Å². The molecule has 0 saturated carbocycles. The van der Waals surface area contributed by atoms with E-state index < -0.39 is 0 Å². The molecule has 6 nitrogen and oxygen atoms in total. The summed E-state index contributed by atoms with van der Waals surface area (Å²) in [6.45, 7) is 4.94. The number of hydrogen-bond donors (Lipinski definition) is 2. The van der Waals surface area contributed by atoms with Gasteiger partial charge in [0.2, 0.25) is 11.8 Å². The molecular formula is C21H31N3O3. The number of nitrogens with zero attached hydrogens (tertiary/aromatic N) is 1. The highest BCUT2D eigenvalue weighted by Crippen LogP contribution is 2.37. The van der Waals surface area contributed by atoms with Gasteiger partial charge in [-0.2, -0.15) is 0 Å². The Bertz CT molecular complexity index is 668. The molecule has 2 heterocycles. The predicted octanol–water partition coefficient (Wildman–Crippen LogP) is 2.11. The lowest BCUT2D eigenvalue weighted by atomic mass is 9.80. The summed E-state index contributed by atoms with van der Waals surface area (Å²) in [6.07, 6.45) is 3.14. The third kappa shape index (κ3) is 4.43. The molecule has 0 radical (unpaired) electrons. The predicted molar refractivity (Wildman–Crippen MR) is 104 cm³/mol. The fourth-order valence-electron chi connectivity index (χ4n) is 4.21. The van der Waals surface area contributed by atoms with Gasteiger partial charge in [0.25, 0.3) is 0 Å². The molecule has 0 aromatic heterocycles. The number of benzene rings is 1. The minimum absolute atomic E-state index is 0.0509. The van der Waals surface area contributed by atoms with Crippen molar-refractivity contribution in [3.63, 3.8) is 0 Å². The summed E-state index contributed by atoms with van der Waals surface area (Å²) in [5.41, 5.74) is 1.12. The maximum Gasteiger partial charge on any atom is 0.225 e. The highest BCUT2D eigenvalue weighted by molar-refractivity contribution is 5.85. The van der Waals surface area contributed by atoms with Crippen LogP contribution in [0.1, 0.15) is 44.2 Å². The lowest BCUT2D eigenvalue weighted by molar-refractivity contribution is -0.141. The molecule has 2 N–H and O–H groups in total. The van der Waals surface area contributed by atoms with E-state index >= 15 is 0 Å². The highest BCUT2D eigenvalue weighted by atomic mass is 16.5. The van der Waals surface area contributed by atoms with Gasteiger partial charge >= 0.3 is 0 Å². The molecule has 2 saturated heterocycles. The second-order valence-electron chi connectivity index (χ2n) is 8.15. The van der Waals surface area contributed by atoms with Crippen LogP contribution in [-0.4, -0.2) is 50.5 Å². The molecule has 2 fully saturated rings. The molecule has 2 unspecified atom stereocenters. The van der Waals surface area contributed by atoms with Crippen LogP contribution in [0.15, 0.2) is 24.3 Å². The highest BCUT2D eigenvalue weighted by Gasteiger charge is 2.39. The maximum absolute atomic E-state index is 13.1. The Morgan fingerprint density at radius 3 is 2.59 bits per heavy atom. The van der Waals surface area contributed by atoms with E-state index in [9.17, 15) is 9.59 Å². The molecule has 3 rings (SSSR count). The van der Waals surface area contributed by atoms with Crippen molar-refractivity contribution in [1.82, 2.24) is 15.5 Å². The van der Waals surface area contributed by atoms with Crippen LogP contribution < -0.4 is 15.4 Å². The summed E-state index contributed by atoms with van der Waals surface area (Å²) >= 11 is 0. The van der Waals surface area contributed by atoms with Gasteiger partial charge in [-0.1, -0.05) is 19.1 Å². The molecule has 0 bridgehead atoms. The van der Waals surface area contributed by atoms with Crippen molar-refractivity contribution in [2.45, 2.75) is 38.6 Å². The van der Waals surface area contributed by atoms with E-state index in [0.29, 0.717) is 19.4 Å². The molecule has 2 aliphatic heterocycles. The molecule has 0 aliphatic carbocycles. The molecular weight excluding hydrogens is 342 g/mol. The largest absolute Gasteiger partial charge is 0.497 e. The lowest BCUT2D eigenvalue weighted by Gasteiger charge is -2.40. The quantitative estimate of drug-likeness (QED) is 0.829. The number of rotatable bonds is 5. The van der Waals surface area contributed by atoms with Crippen LogP contribution in [-0.2, 0) is 9.59 Å². The Labute approximate surface area is 161 Å². The summed E-state index contributed by atoms with van der Waals surface area (Å²) < 4.78 is 5.23. The summed E-state index contributed by atoms with van der Waals surface area (Å²) in [4.78, 5) is 27.1. The Kier molecular flexibility index (Phi) is 6.05. The zero-order chi connectivity index (χ0) is 19.4. The van der Waals surface area contributed by atoms with Crippen LogP contribution in [0.5, 0.6) is 5.75 Å². The molecule has 2 aliphatic rings. The van der Waals surface area contributed by atoms with Crippen molar-refractivity contribution in [2.24, 2.45) is 11.3 Å². The molecule has 1 aromatic carbocycles. The standard InChI is InChI=1S/C21H31N3O3/c1-21(10-12-22-13-11-21)14-23-20(26)17-8-9-18(25)24(2)19(17)15-4-6-16(27-3)7-5-15/h4-7,17,19,22H,8-14H2,1-3H3,(H,23,26). The Hall–Kier alpha value is -2.08. The van der Waals surface area contributed by atoms with Crippen LogP contribution in [0.3, 0.4) is 0 Å². The Balaban J connectivity index is 1.74. The minimum Gasteiger partial charge on any atom is -0.497 e. The van der Waals surface area contributed by atoms with Gasteiger partial charge in [-0.05, 0) is 55.5 Å². The summed E-state index contributed by atoms with van der Waals surface area (Å²) in [6, 6.07) is 7.43. The van der Waals surface area contributed by atoms with Gasteiger partial charge in [-0.15, -0.1) is 0 Å². The first-order valence-corrected chi connectivity index (χ1v) is 9.81. The van der Waals surface area contributed by atoms with Crippen LogP contribution >= 0.6 is 0 Å². The first kappa shape index (κ1) is 19.7. The molecule has 2 amide bonds. The van der Waals surface area contributed by atoms with Gasteiger partial charge in [-0.3, -0.25) is 9.59 Å². The number of amides is 2. The first-order valence-electron chi connectivity index (χ1n) is 9.81. The zero-order valence-electron chi connectivity index (χ0n) is 16.6. The van der Waals surface area contributed by atoms with Crippen LogP contribution in [0.4, 0.5) is 0 Å². The van der Waals surface area contributed by atoms with Crippen molar-refractivity contribution in [2.75, 3.05) is 33.8 Å². The molecule has 1 aromatic rings. The average molecular weight is 373 g/mol. The van der Waals surface area contributed by atoms with Crippen LogP contribution in [0, 0.1) is 11.3 Å². The van der Waals surface area contributed by atoms with Gasteiger partial charge < -0.3 is 20.3 Å². The number of piperidine rings is 2. The van der Waals surface area contributed by atoms with E-state index in [1.54, 1.807) is 19.1 Å². The summed E-state index contributed by atoms with van der Waals surface area (Å²) in [5, 5.41) is 6.56. The van der Waals surface area contributed by atoms with E-state index in [1.165, 1.54) is 0 Å². The smallest absolute Gasteiger partial charge is 0.225 e.